The summed E-state index contributed by atoms with van der Waals surface area (Å²) >= 11 is 7.31. The van der Waals surface area contributed by atoms with Crippen LogP contribution in [0.3, 0.4) is 0 Å². The molecule has 19 heavy (non-hydrogen) atoms. The van der Waals surface area contributed by atoms with Gasteiger partial charge in [-0.25, -0.2) is 4.98 Å². The maximum absolute atomic E-state index is 6.00. The van der Waals surface area contributed by atoms with Gasteiger partial charge in [-0.1, -0.05) is 36.9 Å². The van der Waals surface area contributed by atoms with Crippen LogP contribution in [-0.4, -0.2) is 29.2 Å². The van der Waals surface area contributed by atoms with Crippen LogP contribution in [0.1, 0.15) is 26.5 Å². The van der Waals surface area contributed by atoms with Crippen LogP contribution in [-0.2, 0) is 5.41 Å². The molecule has 3 aromatic rings. The fourth-order valence-corrected chi connectivity index (χ4v) is 2.82. The summed E-state index contributed by atoms with van der Waals surface area (Å²) in [6, 6.07) is 0. The molecule has 0 fully saturated rings. The third-order valence-corrected chi connectivity index (χ3v) is 3.67. The second kappa shape index (κ2) is 4.21. The summed E-state index contributed by atoms with van der Waals surface area (Å²) in [5.74, 6) is 0.694. The highest BCUT2D eigenvalue weighted by Gasteiger charge is 2.26. The third-order valence-electron chi connectivity index (χ3n) is 2.69. The molecule has 0 unspecified atom stereocenters. The van der Waals surface area contributed by atoms with Crippen molar-refractivity contribution in [2.24, 2.45) is 0 Å². The molecule has 0 amide bonds. The van der Waals surface area contributed by atoms with Gasteiger partial charge in [0.2, 0.25) is 0 Å². The van der Waals surface area contributed by atoms with Gasteiger partial charge >= 0.3 is 0 Å². The Morgan fingerprint density at radius 2 is 2.00 bits per heavy atom. The van der Waals surface area contributed by atoms with Crippen molar-refractivity contribution in [2.45, 2.75) is 26.2 Å². The normalized spacial score (nSPS) is 12.2. The quantitative estimate of drug-likeness (QED) is 0.690. The molecule has 0 aromatic carbocycles. The van der Waals surface area contributed by atoms with Gasteiger partial charge in [-0.3, -0.25) is 4.40 Å². The van der Waals surface area contributed by atoms with E-state index in [1.807, 2.05) is 0 Å². The number of hydrogen-bond donors (Lipinski definition) is 0. The fraction of sp³-hybridized carbons (Fsp3) is 0.364. The lowest BCUT2D eigenvalue weighted by atomic mass is 9.91. The molecule has 3 rings (SSSR count). The molecule has 3 aromatic heterocycles. The lowest BCUT2D eigenvalue weighted by molar-refractivity contribution is 0.568. The highest BCUT2D eigenvalue weighted by atomic mass is 35.5. The summed E-state index contributed by atoms with van der Waals surface area (Å²) in [5.41, 5.74) is 1.33. The van der Waals surface area contributed by atoms with E-state index in [-0.39, 0.29) is 5.41 Å². The van der Waals surface area contributed by atoms with Crippen molar-refractivity contribution in [1.82, 2.24) is 29.2 Å². The first-order valence-corrected chi connectivity index (χ1v) is 6.82. The molecule has 0 bridgehead atoms. The summed E-state index contributed by atoms with van der Waals surface area (Å²) in [7, 11) is 0. The zero-order valence-electron chi connectivity index (χ0n) is 10.6. The molecule has 98 valence electrons. The monoisotopic (exact) mass is 294 g/mol. The van der Waals surface area contributed by atoms with Gasteiger partial charge in [0.25, 0.3) is 0 Å². The van der Waals surface area contributed by atoms with E-state index in [1.165, 1.54) is 11.5 Å². The van der Waals surface area contributed by atoms with E-state index < -0.39 is 0 Å². The minimum atomic E-state index is -0.106. The van der Waals surface area contributed by atoms with Crippen LogP contribution < -0.4 is 0 Å². The second-order valence-electron chi connectivity index (χ2n) is 5.14. The molecule has 8 heteroatoms. The van der Waals surface area contributed by atoms with Gasteiger partial charge in [0.15, 0.2) is 16.6 Å². The van der Waals surface area contributed by atoms with Crippen LogP contribution in [0.4, 0.5) is 0 Å². The summed E-state index contributed by atoms with van der Waals surface area (Å²) in [6.07, 6.45) is 3.40. The first-order valence-electron chi connectivity index (χ1n) is 5.67. The number of fused-ring (bicyclic) bond motifs is 1. The highest BCUT2D eigenvalue weighted by molar-refractivity contribution is 7.09. The summed E-state index contributed by atoms with van der Waals surface area (Å²) in [5, 5.41) is 12.8. The van der Waals surface area contributed by atoms with Gasteiger partial charge in [0.1, 0.15) is 4.88 Å². The molecule has 0 aliphatic heterocycles. The van der Waals surface area contributed by atoms with Gasteiger partial charge in [-0.2, -0.15) is 0 Å². The van der Waals surface area contributed by atoms with Crippen LogP contribution in [0.15, 0.2) is 12.4 Å². The van der Waals surface area contributed by atoms with E-state index in [1.54, 1.807) is 16.8 Å². The lowest BCUT2D eigenvalue weighted by Crippen LogP contribution is -2.13. The molecular formula is C11H11ClN6S. The Kier molecular flexibility index (Phi) is 2.75. The van der Waals surface area contributed by atoms with Crippen LogP contribution in [0.25, 0.3) is 16.3 Å². The van der Waals surface area contributed by atoms with E-state index in [9.17, 15) is 0 Å². The Bertz CT molecular complexity index is 741. The van der Waals surface area contributed by atoms with E-state index in [0.29, 0.717) is 16.6 Å². The summed E-state index contributed by atoms with van der Waals surface area (Å²) in [4.78, 5) is 4.89. The Morgan fingerprint density at radius 1 is 1.21 bits per heavy atom. The Labute approximate surface area is 118 Å². The SMILES string of the molecule is CC(C)(C)c1nnsc1-c1nnc2c(Cl)nccn12. The summed E-state index contributed by atoms with van der Waals surface area (Å²) in [6.45, 7) is 6.26. The molecule has 0 atom stereocenters. The van der Waals surface area contributed by atoms with Crippen molar-refractivity contribution < 1.29 is 0 Å². The number of nitrogens with zero attached hydrogens (tertiary/aromatic N) is 6. The molecule has 6 nitrogen and oxygen atoms in total. The topological polar surface area (TPSA) is 68.9 Å². The van der Waals surface area contributed by atoms with E-state index in [0.717, 1.165) is 10.6 Å². The number of hydrogen-bond acceptors (Lipinski definition) is 6. The standard InChI is InChI=1S/C11H11ClN6S/c1-11(2,3)7-6(19-17-14-7)9-15-16-10-8(12)13-4-5-18(9)10/h4-5H,1-3H3. The molecule has 0 N–H and O–H groups in total. The van der Waals surface area contributed by atoms with Crippen molar-refractivity contribution in [3.63, 3.8) is 0 Å². The van der Waals surface area contributed by atoms with Crippen molar-refractivity contribution in [3.8, 4) is 10.7 Å². The van der Waals surface area contributed by atoms with Gasteiger partial charge in [0.05, 0.1) is 5.69 Å². The lowest BCUT2D eigenvalue weighted by Gasteiger charge is -2.15. The average Bonchev–Trinajstić information content (AvgIpc) is 2.93. The average molecular weight is 295 g/mol. The van der Waals surface area contributed by atoms with Crippen LogP contribution in [0.5, 0.6) is 0 Å². The maximum Gasteiger partial charge on any atom is 0.198 e. The number of rotatable bonds is 1. The van der Waals surface area contributed by atoms with E-state index in [2.05, 4.69) is 45.5 Å². The smallest absolute Gasteiger partial charge is 0.198 e. The second-order valence-corrected chi connectivity index (χ2v) is 6.25. The summed E-state index contributed by atoms with van der Waals surface area (Å²) < 4.78 is 5.84. The van der Waals surface area contributed by atoms with Crippen molar-refractivity contribution in [1.29, 1.82) is 0 Å². The number of aromatic nitrogens is 6. The van der Waals surface area contributed by atoms with Crippen molar-refractivity contribution in [2.75, 3.05) is 0 Å². The molecule has 3 heterocycles. The molecule has 0 aliphatic rings. The molecule has 0 radical (unpaired) electrons. The van der Waals surface area contributed by atoms with Crippen molar-refractivity contribution in [3.05, 3.63) is 23.2 Å². The number of halogens is 1. The van der Waals surface area contributed by atoms with E-state index in [4.69, 9.17) is 11.6 Å². The molecule has 0 saturated carbocycles. The fourth-order valence-electron chi connectivity index (χ4n) is 1.78. The van der Waals surface area contributed by atoms with Gasteiger partial charge < -0.3 is 0 Å². The largest absolute Gasteiger partial charge is 0.277 e. The van der Waals surface area contributed by atoms with Gasteiger partial charge in [-0.05, 0) is 11.5 Å². The maximum atomic E-state index is 6.00. The first kappa shape index (κ1) is 12.4. The molecule has 0 saturated heterocycles. The molecule has 0 spiro atoms. The Morgan fingerprint density at radius 3 is 2.74 bits per heavy atom. The molecular weight excluding hydrogens is 284 g/mol. The van der Waals surface area contributed by atoms with Crippen molar-refractivity contribution >= 4 is 28.8 Å². The highest BCUT2D eigenvalue weighted by Crippen LogP contribution is 2.33. The van der Waals surface area contributed by atoms with Crippen LogP contribution >= 0.6 is 23.1 Å². The Hall–Kier alpha value is -1.60. The minimum Gasteiger partial charge on any atom is -0.277 e. The first-order chi connectivity index (χ1) is 8.98. The molecule has 0 aliphatic carbocycles. The zero-order valence-corrected chi connectivity index (χ0v) is 12.2. The minimum absolute atomic E-state index is 0.106. The Balaban J connectivity index is 2.27. The van der Waals surface area contributed by atoms with Gasteiger partial charge in [-0.15, -0.1) is 15.3 Å². The zero-order chi connectivity index (χ0) is 13.6. The van der Waals surface area contributed by atoms with Crippen LogP contribution in [0, 0.1) is 0 Å². The van der Waals surface area contributed by atoms with E-state index >= 15 is 0 Å². The predicted molar refractivity (Wildman–Crippen MR) is 73.4 cm³/mol. The van der Waals surface area contributed by atoms with Gasteiger partial charge in [0, 0.05) is 17.8 Å². The van der Waals surface area contributed by atoms with Crippen LogP contribution in [0.2, 0.25) is 5.15 Å². The third kappa shape index (κ3) is 1.98. The predicted octanol–water partition coefficient (Wildman–Crippen LogP) is 2.59.